The van der Waals surface area contributed by atoms with E-state index in [0.29, 0.717) is 0 Å². The molecule has 124 valence electrons. The van der Waals surface area contributed by atoms with Crippen molar-refractivity contribution in [2.45, 2.75) is 18.7 Å². The Hall–Kier alpha value is -2.04. The highest BCUT2D eigenvalue weighted by Gasteiger charge is 2.19. The van der Waals surface area contributed by atoms with E-state index < -0.39 is 14.9 Å². The van der Waals surface area contributed by atoms with Crippen LogP contribution in [0.25, 0.3) is 0 Å². The lowest BCUT2D eigenvalue weighted by atomic mass is 10.4. The number of aryl methyl sites for hydroxylation is 2. The van der Waals surface area contributed by atoms with Crippen LogP contribution < -0.4 is 10.0 Å². The Balaban J connectivity index is 1.96. The van der Waals surface area contributed by atoms with E-state index in [0.717, 1.165) is 9.75 Å². The zero-order valence-electron chi connectivity index (χ0n) is 12.6. The molecule has 0 saturated heterocycles. The van der Waals surface area contributed by atoms with Gasteiger partial charge in [-0.05, 0) is 26.0 Å². The number of anilines is 1. The third-order valence-electron chi connectivity index (χ3n) is 2.98. The van der Waals surface area contributed by atoms with Crippen molar-refractivity contribution < 1.29 is 13.3 Å². The van der Waals surface area contributed by atoms with Crippen LogP contribution in [0.1, 0.15) is 9.75 Å². The second-order valence-electron chi connectivity index (χ2n) is 4.73. The first kappa shape index (κ1) is 17.3. The van der Waals surface area contributed by atoms with Crippen molar-refractivity contribution in [1.29, 1.82) is 0 Å². The van der Waals surface area contributed by atoms with Gasteiger partial charge in [0.2, 0.25) is 15.8 Å². The Kier molecular flexibility index (Phi) is 5.29. The molecule has 0 amide bonds. The fraction of sp³-hybridized carbons (Fsp3) is 0.308. The van der Waals surface area contributed by atoms with Crippen molar-refractivity contribution in [1.82, 2.24) is 9.71 Å². The molecule has 2 N–H and O–H groups in total. The topological polar surface area (TPSA) is 114 Å². The third-order valence-corrected chi connectivity index (χ3v) is 5.66. The Morgan fingerprint density at radius 1 is 1.35 bits per heavy atom. The molecule has 8 nitrogen and oxygen atoms in total. The first-order valence-corrected chi connectivity index (χ1v) is 9.01. The molecule has 23 heavy (non-hydrogen) atoms. The molecular weight excluding hydrogens is 340 g/mol. The van der Waals surface area contributed by atoms with Crippen LogP contribution in [0.5, 0.6) is 0 Å². The molecule has 0 aromatic carbocycles. The smallest absolute Gasteiger partial charge is 0.311 e. The summed E-state index contributed by atoms with van der Waals surface area (Å²) in [5.74, 6) is 0.110. The molecule has 0 bridgehead atoms. The highest BCUT2D eigenvalue weighted by atomic mass is 32.2. The summed E-state index contributed by atoms with van der Waals surface area (Å²) in [6.07, 6.45) is 1.43. The van der Waals surface area contributed by atoms with E-state index in [1.54, 1.807) is 13.0 Å². The first-order chi connectivity index (χ1) is 10.8. The van der Waals surface area contributed by atoms with Crippen LogP contribution in [-0.4, -0.2) is 31.4 Å². The fourth-order valence-corrected chi connectivity index (χ4v) is 4.58. The lowest BCUT2D eigenvalue weighted by Crippen LogP contribution is -2.29. The molecule has 2 rings (SSSR count). The fourth-order valence-electron chi connectivity index (χ4n) is 2.00. The average Bonchev–Trinajstić information content (AvgIpc) is 2.83. The van der Waals surface area contributed by atoms with Gasteiger partial charge in [-0.25, -0.2) is 18.1 Å². The summed E-state index contributed by atoms with van der Waals surface area (Å²) in [5, 5.41) is 13.6. The lowest BCUT2D eigenvalue weighted by Gasteiger charge is -2.08. The minimum atomic E-state index is -3.58. The maximum absolute atomic E-state index is 12.2. The number of thiophene rings is 1. The van der Waals surface area contributed by atoms with E-state index in [1.165, 1.54) is 29.7 Å². The number of aromatic nitrogens is 1. The molecule has 0 aliphatic carbocycles. The van der Waals surface area contributed by atoms with Gasteiger partial charge in [0.05, 0.1) is 9.82 Å². The molecule has 0 aliphatic heterocycles. The molecule has 10 heteroatoms. The summed E-state index contributed by atoms with van der Waals surface area (Å²) in [6.45, 7) is 3.86. The SMILES string of the molecule is Cc1cc(S(=O)(=O)NCCNc2ncccc2[N+](=O)[O-])c(C)s1. The van der Waals surface area contributed by atoms with Crippen LogP contribution in [0.2, 0.25) is 0 Å². The Morgan fingerprint density at radius 3 is 2.70 bits per heavy atom. The monoisotopic (exact) mass is 356 g/mol. The number of pyridine rings is 1. The van der Waals surface area contributed by atoms with Crippen molar-refractivity contribution in [2.75, 3.05) is 18.4 Å². The van der Waals surface area contributed by atoms with Crippen molar-refractivity contribution in [3.63, 3.8) is 0 Å². The molecule has 0 saturated carbocycles. The molecule has 0 fully saturated rings. The van der Waals surface area contributed by atoms with E-state index in [1.807, 2.05) is 6.92 Å². The molecule has 2 heterocycles. The maximum atomic E-state index is 12.2. The summed E-state index contributed by atoms with van der Waals surface area (Å²) in [5.41, 5.74) is -0.153. The van der Waals surface area contributed by atoms with Gasteiger partial charge in [0.1, 0.15) is 0 Å². The van der Waals surface area contributed by atoms with Crippen LogP contribution in [0.3, 0.4) is 0 Å². The summed E-state index contributed by atoms with van der Waals surface area (Å²) >= 11 is 1.42. The maximum Gasteiger partial charge on any atom is 0.311 e. The number of rotatable bonds is 7. The molecule has 0 unspecified atom stereocenters. The number of nitrogens with zero attached hydrogens (tertiary/aromatic N) is 2. The van der Waals surface area contributed by atoms with Gasteiger partial charge in [0.15, 0.2) is 0 Å². The number of nitrogens with one attached hydrogen (secondary N) is 2. The predicted molar refractivity (Wildman–Crippen MR) is 88.4 cm³/mol. The standard InChI is InChI=1S/C13H16N4O4S2/c1-9-8-12(10(2)22-9)23(20,21)16-7-6-15-13-11(17(18)19)4-3-5-14-13/h3-5,8,16H,6-7H2,1-2H3,(H,14,15). The zero-order valence-corrected chi connectivity index (χ0v) is 14.2. The summed E-state index contributed by atoms with van der Waals surface area (Å²) in [4.78, 5) is 16.1. The van der Waals surface area contributed by atoms with E-state index >= 15 is 0 Å². The molecular formula is C13H16N4O4S2. The molecule has 2 aromatic rings. The minimum Gasteiger partial charge on any atom is -0.363 e. The van der Waals surface area contributed by atoms with Crippen LogP contribution in [0.15, 0.2) is 29.3 Å². The average molecular weight is 356 g/mol. The summed E-state index contributed by atoms with van der Waals surface area (Å²) < 4.78 is 26.9. The van der Waals surface area contributed by atoms with Gasteiger partial charge in [0, 0.05) is 35.1 Å². The van der Waals surface area contributed by atoms with E-state index in [2.05, 4.69) is 15.0 Å². The van der Waals surface area contributed by atoms with Gasteiger partial charge in [-0.15, -0.1) is 11.3 Å². The molecule has 0 radical (unpaired) electrons. The van der Waals surface area contributed by atoms with Crippen molar-refractivity contribution in [3.8, 4) is 0 Å². The number of sulfonamides is 1. The van der Waals surface area contributed by atoms with Crippen molar-refractivity contribution in [2.24, 2.45) is 0 Å². The van der Waals surface area contributed by atoms with Crippen molar-refractivity contribution >= 4 is 32.9 Å². The largest absolute Gasteiger partial charge is 0.363 e. The van der Waals surface area contributed by atoms with Gasteiger partial charge in [0.25, 0.3) is 0 Å². The normalized spacial score (nSPS) is 11.4. The van der Waals surface area contributed by atoms with Crippen LogP contribution in [0, 0.1) is 24.0 Å². The van der Waals surface area contributed by atoms with E-state index in [4.69, 9.17) is 0 Å². The lowest BCUT2D eigenvalue weighted by molar-refractivity contribution is -0.384. The predicted octanol–water partition coefficient (Wildman–Crippen LogP) is 2.06. The van der Waals surface area contributed by atoms with Gasteiger partial charge in [-0.1, -0.05) is 0 Å². The first-order valence-electron chi connectivity index (χ1n) is 6.71. The Morgan fingerprint density at radius 2 is 2.09 bits per heavy atom. The summed E-state index contributed by atoms with van der Waals surface area (Å²) in [6, 6.07) is 4.42. The molecule has 0 atom stereocenters. The Labute approximate surface area is 137 Å². The third kappa shape index (κ3) is 4.24. The van der Waals surface area contributed by atoms with Crippen LogP contribution >= 0.6 is 11.3 Å². The number of nitro groups is 1. The number of hydrogen-bond acceptors (Lipinski definition) is 7. The highest BCUT2D eigenvalue weighted by molar-refractivity contribution is 7.89. The summed E-state index contributed by atoms with van der Waals surface area (Å²) in [7, 11) is -3.58. The Bertz CT molecular complexity index is 817. The second-order valence-corrected chi connectivity index (χ2v) is 7.93. The van der Waals surface area contributed by atoms with Gasteiger partial charge >= 0.3 is 5.69 Å². The van der Waals surface area contributed by atoms with Gasteiger partial charge in [-0.3, -0.25) is 10.1 Å². The molecule has 0 spiro atoms. The van der Waals surface area contributed by atoms with Crippen LogP contribution in [0.4, 0.5) is 11.5 Å². The minimum absolute atomic E-state index is 0.0877. The van der Waals surface area contributed by atoms with Gasteiger partial charge < -0.3 is 5.32 Å². The quantitative estimate of drug-likeness (QED) is 0.446. The molecule has 0 aliphatic rings. The van der Waals surface area contributed by atoms with Crippen molar-refractivity contribution in [3.05, 3.63) is 44.3 Å². The highest BCUT2D eigenvalue weighted by Crippen LogP contribution is 2.24. The van der Waals surface area contributed by atoms with E-state index in [-0.39, 0.29) is 29.5 Å². The van der Waals surface area contributed by atoms with Crippen LogP contribution in [-0.2, 0) is 10.0 Å². The van der Waals surface area contributed by atoms with E-state index in [9.17, 15) is 18.5 Å². The number of hydrogen-bond donors (Lipinski definition) is 2. The second kappa shape index (κ2) is 7.02. The molecule has 2 aromatic heterocycles. The zero-order chi connectivity index (χ0) is 17.0. The van der Waals surface area contributed by atoms with Gasteiger partial charge in [-0.2, -0.15) is 0 Å².